The normalized spacial score (nSPS) is 18.1. The topological polar surface area (TPSA) is 48.1 Å². The molecule has 0 bridgehead atoms. The zero-order chi connectivity index (χ0) is 16.7. The van der Waals surface area contributed by atoms with Crippen LogP contribution in [0.3, 0.4) is 0 Å². The Labute approximate surface area is 138 Å². The Balaban J connectivity index is 1.95. The van der Waals surface area contributed by atoms with Crippen molar-refractivity contribution in [2.24, 2.45) is 0 Å². The molecule has 1 fully saturated rings. The Morgan fingerprint density at radius 1 is 1.48 bits per heavy atom. The first-order valence-electron chi connectivity index (χ1n) is 8.26. The highest BCUT2D eigenvalue weighted by Gasteiger charge is 2.24. The van der Waals surface area contributed by atoms with E-state index in [0.717, 1.165) is 17.7 Å². The van der Waals surface area contributed by atoms with Gasteiger partial charge in [0.25, 0.3) is 0 Å². The van der Waals surface area contributed by atoms with Gasteiger partial charge in [-0.25, -0.2) is 0 Å². The van der Waals surface area contributed by atoms with Crippen molar-refractivity contribution in [1.29, 1.82) is 0 Å². The van der Waals surface area contributed by atoms with Crippen LogP contribution in [-0.2, 0) is 19.0 Å². The van der Waals surface area contributed by atoms with Gasteiger partial charge >= 0.3 is 5.97 Å². The first-order chi connectivity index (χ1) is 11.1. The Bertz CT molecular complexity index is 546. The number of allylic oxidation sites excluding steroid dienone is 1. The smallest absolute Gasteiger partial charge is 0.306 e. The lowest BCUT2D eigenvalue weighted by Crippen LogP contribution is -2.07. The van der Waals surface area contributed by atoms with Crippen LogP contribution >= 0.6 is 0 Å². The van der Waals surface area contributed by atoms with Crippen molar-refractivity contribution >= 4 is 12.0 Å². The molecule has 0 aliphatic carbocycles. The largest absolute Gasteiger partial charge is 0.466 e. The summed E-state index contributed by atoms with van der Waals surface area (Å²) in [6.45, 7) is 7.84. The van der Waals surface area contributed by atoms with Crippen LogP contribution in [0, 0.1) is 6.92 Å². The van der Waals surface area contributed by atoms with Gasteiger partial charge in [0, 0.05) is 6.42 Å². The lowest BCUT2D eigenvalue weighted by atomic mass is 9.99. The zero-order valence-electron chi connectivity index (χ0n) is 14.2. The van der Waals surface area contributed by atoms with Gasteiger partial charge in [0.1, 0.15) is 6.10 Å². The molecule has 2 rings (SSSR count). The SMILES string of the molecule is CCOC(=O)CCC=Cc1ccc(C)cc1[C@@H](C)OCC1CO1. The van der Waals surface area contributed by atoms with Crippen molar-refractivity contribution in [3.8, 4) is 0 Å². The molecule has 0 amide bonds. The van der Waals surface area contributed by atoms with E-state index in [0.29, 0.717) is 26.1 Å². The Hall–Kier alpha value is -1.65. The van der Waals surface area contributed by atoms with Gasteiger partial charge in [0.05, 0.1) is 25.9 Å². The van der Waals surface area contributed by atoms with Crippen molar-refractivity contribution in [1.82, 2.24) is 0 Å². The predicted molar refractivity (Wildman–Crippen MR) is 90.2 cm³/mol. The van der Waals surface area contributed by atoms with Crippen molar-refractivity contribution in [2.45, 2.75) is 45.8 Å². The van der Waals surface area contributed by atoms with E-state index < -0.39 is 0 Å². The van der Waals surface area contributed by atoms with Gasteiger partial charge in [-0.2, -0.15) is 0 Å². The Kier molecular flexibility index (Phi) is 6.81. The summed E-state index contributed by atoms with van der Waals surface area (Å²) in [5.41, 5.74) is 3.50. The summed E-state index contributed by atoms with van der Waals surface area (Å²) in [5, 5.41) is 0. The molecule has 1 heterocycles. The van der Waals surface area contributed by atoms with Gasteiger partial charge in [-0.15, -0.1) is 0 Å². The number of ether oxygens (including phenoxy) is 3. The van der Waals surface area contributed by atoms with Crippen molar-refractivity contribution in [3.05, 3.63) is 41.0 Å². The van der Waals surface area contributed by atoms with E-state index in [1.165, 1.54) is 5.56 Å². The van der Waals surface area contributed by atoms with E-state index in [1.807, 2.05) is 13.0 Å². The molecule has 0 N–H and O–H groups in total. The average molecular weight is 318 g/mol. The van der Waals surface area contributed by atoms with Crippen LogP contribution in [0.2, 0.25) is 0 Å². The highest BCUT2D eigenvalue weighted by atomic mass is 16.6. The molecule has 0 spiro atoms. The van der Waals surface area contributed by atoms with E-state index in [-0.39, 0.29) is 18.2 Å². The van der Waals surface area contributed by atoms with Gasteiger partial charge in [0.15, 0.2) is 0 Å². The van der Waals surface area contributed by atoms with Gasteiger partial charge in [0.2, 0.25) is 0 Å². The molecule has 0 aromatic heterocycles. The van der Waals surface area contributed by atoms with Crippen LogP contribution < -0.4 is 0 Å². The average Bonchev–Trinajstić information content (AvgIpc) is 3.35. The third-order valence-electron chi connectivity index (χ3n) is 3.73. The summed E-state index contributed by atoms with van der Waals surface area (Å²) in [7, 11) is 0. The molecular weight excluding hydrogens is 292 g/mol. The number of carbonyl (C=O) groups is 1. The first kappa shape index (κ1) is 17.7. The summed E-state index contributed by atoms with van der Waals surface area (Å²) in [4.78, 5) is 11.3. The molecule has 1 saturated heterocycles. The van der Waals surface area contributed by atoms with Crippen molar-refractivity contribution in [2.75, 3.05) is 19.8 Å². The molecule has 1 unspecified atom stereocenters. The molecule has 1 aliphatic heterocycles. The monoisotopic (exact) mass is 318 g/mol. The fourth-order valence-corrected chi connectivity index (χ4v) is 2.35. The van der Waals surface area contributed by atoms with Gasteiger partial charge in [-0.3, -0.25) is 4.79 Å². The molecule has 4 nitrogen and oxygen atoms in total. The fourth-order valence-electron chi connectivity index (χ4n) is 2.35. The molecule has 4 heteroatoms. The van der Waals surface area contributed by atoms with Crippen LogP contribution in [0.4, 0.5) is 0 Å². The van der Waals surface area contributed by atoms with E-state index in [4.69, 9.17) is 14.2 Å². The van der Waals surface area contributed by atoms with Crippen LogP contribution in [0.1, 0.15) is 49.5 Å². The second-order valence-electron chi connectivity index (χ2n) is 5.81. The Morgan fingerprint density at radius 2 is 2.26 bits per heavy atom. The maximum absolute atomic E-state index is 11.3. The van der Waals surface area contributed by atoms with Crippen LogP contribution in [0.5, 0.6) is 0 Å². The van der Waals surface area contributed by atoms with E-state index in [2.05, 4.69) is 38.1 Å². The third kappa shape index (κ3) is 6.16. The quantitative estimate of drug-likeness (QED) is 0.513. The lowest BCUT2D eigenvalue weighted by molar-refractivity contribution is -0.142. The molecule has 126 valence electrons. The van der Waals surface area contributed by atoms with E-state index >= 15 is 0 Å². The molecule has 0 radical (unpaired) electrons. The number of rotatable bonds is 9. The van der Waals surface area contributed by atoms with Crippen LogP contribution in [-0.4, -0.2) is 31.9 Å². The number of hydrogen-bond acceptors (Lipinski definition) is 4. The summed E-state index contributed by atoms with van der Waals surface area (Å²) in [5.74, 6) is -0.151. The first-order valence-corrected chi connectivity index (χ1v) is 8.26. The summed E-state index contributed by atoms with van der Waals surface area (Å²) in [6, 6.07) is 6.34. The van der Waals surface area contributed by atoms with Gasteiger partial charge < -0.3 is 14.2 Å². The summed E-state index contributed by atoms with van der Waals surface area (Å²) in [6.07, 6.45) is 5.45. The number of benzene rings is 1. The van der Waals surface area contributed by atoms with E-state index in [9.17, 15) is 4.79 Å². The number of carbonyl (C=O) groups excluding carboxylic acids is 1. The lowest BCUT2D eigenvalue weighted by Gasteiger charge is -2.16. The standard InChI is InChI=1S/C19H26O4/c1-4-21-19(20)8-6-5-7-16-10-9-14(2)11-18(16)15(3)22-12-17-13-23-17/h5,7,9-11,15,17H,4,6,8,12-13H2,1-3H3/t15-,17?/m1/s1. The minimum Gasteiger partial charge on any atom is -0.466 e. The molecular formula is C19H26O4. The fraction of sp³-hybridized carbons (Fsp3) is 0.526. The molecule has 1 aromatic carbocycles. The van der Waals surface area contributed by atoms with Gasteiger partial charge in [-0.1, -0.05) is 35.9 Å². The molecule has 0 saturated carbocycles. The highest BCUT2D eigenvalue weighted by molar-refractivity contribution is 5.69. The second kappa shape index (κ2) is 8.85. The molecule has 23 heavy (non-hydrogen) atoms. The molecule has 2 atom stereocenters. The van der Waals surface area contributed by atoms with Crippen molar-refractivity contribution in [3.63, 3.8) is 0 Å². The minimum atomic E-state index is -0.151. The predicted octanol–water partition coefficient (Wildman–Crippen LogP) is 3.83. The molecule has 1 aliphatic rings. The van der Waals surface area contributed by atoms with Crippen molar-refractivity contribution < 1.29 is 19.0 Å². The maximum Gasteiger partial charge on any atom is 0.306 e. The zero-order valence-corrected chi connectivity index (χ0v) is 14.2. The highest BCUT2D eigenvalue weighted by Crippen LogP contribution is 2.25. The minimum absolute atomic E-state index is 0.0174. The third-order valence-corrected chi connectivity index (χ3v) is 3.73. The maximum atomic E-state index is 11.3. The second-order valence-corrected chi connectivity index (χ2v) is 5.81. The van der Waals surface area contributed by atoms with Crippen LogP contribution in [0.25, 0.3) is 6.08 Å². The summed E-state index contributed by atoms with van der Waals surface area (Å²) >= 11 is 0. The summed E-state index contributed by atoms with van der Waals surface area (Å²) < 4.78 is 16.0. The van der Waals surface area contributed by atoms with Crippen LogP contribution in [0.15, 0.2) is 24.3 Å². The number of epoxide rings is 1. The molecule has 1 aromatic rings. The Morgan fingerprint density at radius 3 is 2.96 bits per heavy atom. The number of hydrogen-bond donors (Lipinski definition) is 0. The van der Waals surface area contributed by atoms with E-state index in [1.54, 1.807) is 0 Å². The number of esters is 1. The number of aryl methyl sites for hydroxylation is 1. The van der Waals surface area contributed by atoms with Gasteiger partial charge in [-0.05, 0) is 38.3 Å².